The van der Waals surface area contributed by atoms with Gasteiger partial charge in [0, 0.05) is 30.5 Å². The van der Waals surface area contributed by atoms with E-state index < -0.39 is 0 Å². The number of hydrogen-bond donors (Lipinski definition) is 0. The van der Waals surface area contributed by atoms with Crippen LogP contribution in [-0.4, -0.2) is 36.7 Å². The Morgan fingerprint density at radius 1 is 1.08 bits per heavy atom. The third-order valence-electron chi connectivity index (χ3n) is 3.19. The first kappa shape index (κ1) is 8.52. The third kappa shape index (κ3) is 1.38. The first-order chi connectivity index (χ1) is 5.57. The quantitative estimate of drug-likeness (QED) is 0.543. The molecule has 2 rings (SSSR count). The SMILES string of the molecule is CC(C)(C)N1C[C@H]2COC[C@@H]2C1. The summed E-state index contributed by atoms with van der Waals surface area (Å²) in [7, 11) is 0. The van der Waals surface area contributed by atoms with Gasteiger partial charge in [-0.05, 0) is 20.8 Å². The highest BCUT2D eigenvalue weighted by Gasteiger charge is 2.40. The Balaban J connectivity index is 1.99. The van der Waals surface area contributed by atoms with Crippen LogP contribution in [-0.2, 0) is 4.74 Å². The Labute approximate surface area is 74.9 Å². The van der Waals surface area contributed by atoms with E-state index in [0.29, 0.717) is 5.54 Å². The molecule has 0 N–H and O–H groups in total. The Morgan fingerprint density at radius 2 is 1.58 bits per heavy atom. The van der Waals surface area contributed by atoms with Crippen molar-refractivity contribution in [3.8, 4) is 0 Å². The van der Waals surface area contributed by atoms with Gasteiger partial charge in [-0.15, -0.1) is 0 Å². The third-order valence-corrected chi connectivity index (χ3v) is 3.19. The zero-order chi connectivity index (χ0) is 8.77. The van der Waals surface area contributed by atoms with Crippen LogP contribution >= 0.6 is 0 Å². The number of rotatable bonds is 0. The maximum Gasteiger partial charge on any atom is 0.0510 e. The van der Waals surface area contributed by atoms with Crippen LogP contribution in [0.2, 0.25) is 0 Å². The lowest BCUT2D eigenvalue weighted by Gasteiger charge is -2.32. The van der Waals surface area contributed by atoms with Crippen molar-refractivity contribution in [1.82, 2.24) is 4.90 Å². The van der Waals surface area contributed by atoms with Gasteiger partial charge in [-0.1, -0.05) is 0 Å². The van der Waals surface area contributed by atoms with E-state index in [0.717, 1.165) is 25.0 Å². The molecule has 2 heteroatoms. The molecular weight excluding hydrogens is 150 g/mol. The molecule has 2 heterocycles. The molecule has 70 valence electrons. The van der Waals surface area contributed by atoms with Crippen LogP contribution in [0.4, 0.5) is 0 Å². The predicted molar refractivity (Wildman–Crippen MR) is 49.1 cm³/mol. The monoisotopic (exact) mass is 169 g/mol. The maximum atomic E-state index is 5.45. The summed E-state index contributed by atoms with van der Waals surface area (Å²) in [6.45, 7) is 11.4. The van der Waals surface area contributed by atoms with E-state index in [-0.39, 0.29) is 0 Å². The molecule has 12 heavy (non-hydrogen) atoms. The topological polar surface area (TPSA) is 12.5 Å². The van der Waals surface area contributed by atoms with E-state index in [1.165, 1.54) is 13.1 Å². The van der Waals surface area contributed by atoms with Gasteiger partial charge in [0.05, 0.1) is 13.2 Å². The second-order valence-corrected chi connectivity index (χ2v) is 5.13. The van der Waals surface area contributed by atoms with Gasteiger partial charge >= 0.3 is 0 Å². The van der Waals surface area contributed by atoms with Crippen LogP contribution < -0.4 is 0 Å². The van der Waals surface area contributed by atoms with Crippen molar-refractivity contribution in [2.45, 2.75) is 26.3 Å². The summed E-state index contributed by atoms with van der Waals surface area (Å²) in [5.41, 5.74) is 0.352. The molecule has 0 radical (unpaired) electrons. The molecule has 0 spiro atoms. The molecular formula is C10H19NO. The van der Waals surface area contributed by atoms with E-state index in [2.05, 4.69) is 25.7 Å². The number of likely N-dealkylation sites (tertiary alicyclic amines) is 1. The molecule has 0 aliphatic carbocycles. The summed E-state index contributed by atoms with van der Waals surface area (Å²) in [4.78, 5) is 2.59. The van der Waals surface area contributed by atoms with Crippen molar-refractivity contribution in [1.29, 1.82) is 0 Å². The Hall–Kier alpha value is -0.0800. The molecule has 2 aliphatic rings. The summed E-state index contributed by atoms with van der Waals surface area (Å²) in [6, 6.07) is 0. The van der Waals surface area contributed by atoms with Gasteiger partial charge in [0.1, 0.15) is 0 Å². The lowest BCUT2D eigenvalue weighted by Crippen LogP contribution is -2.40. The molecule has 0 saturated carbocycles. The van der Waals surface area contributed by atoms with Gasteiger partial charge in [0.25, 0.3) is 0 Å². The zero-order valence-electron chi connectivity index (χ0n) is 8.34. The maximum absolute atomic E-state index is 5.45. The summed E-state index contributed by atoms with van der Waals surface area (Å²) >= 11 is 0. The van der Waals surface area contributed by atoms with Crippen LogP contribution in [0.3, 0.4) is 0 Å². The summed E-state index contributed by atoms with van der Waals surface area (Å²) < 4.78 is 5.45. The molecule has 0 aromatic carbocycles. The van der Waals surface area contributed by atoms with Gasteiger partial charge in [-0.2, -0.15) is 0 Å². The molecule has 0 aromatic heterocycles. The number of ether oxygens (including phenoxy) is 1. The van der Waals surface area contributed by atoms with Gasteiger partial charge in [-0.3, -0.25) is 4.90 Å². The first-order valence-corrected chi connectivity index (χ1v) is 4.90. The molecule has 0 bridgehead atoms. The van der Waals surface area contributed by atoms with E-state index >= 15 is 0 Å². The van der Waals surface area contributed by atoms with Crippen LogP contribution in [0, 0.1) is 11.8 Å². The average Bonchev–Trinajstić information content (AvgIpc) is 2.37. The van der Waals surface area contributed by atoms with Gasteiger partial charge in [0.15, 0.2) is 0 Å². The summed E-state index contributed by atoms with van der Waals surface area (Å²) in [5.74, 6) is 1.65. The van der Waals surface area contributed by atoms with Crippen molar-refractivity contribution in [2.75, 3.05) is 26.3 Å². The highest BCUT2D eigenvalue weighted by molar-refractivity contribution is 4.92. The molecule has 0 aromatic rings. The highest BCUT2D eigenvalue weighted by Crippen LogP contribution is 2.32. The Morgan fingerprint density at radius 3 is 2.00 bits per heavy atom. The molecule has 0 amide bonds. The fraction of sp³-hybridized carbons (Fsp3) is 1.00. The standard InChI is InChI=1S/C10H19NO/c1-10(2,3)11-4-8-6-12-7-9(8)5-11/h8-9H,4-7H2,1-3H3/t8-,9-/m0/s1. The Bertz CT molecular complexity index is 161. The minimum absolute atomic E-state index is 0.352. The van der Waals surface area contributed by atoms with Crippen molar-refractivity contribution >= 4 is 0 Å². The normalized spacial score (nSPS) is 37.2. The van der Waals surface area contributed by atoms with Gasteiger partial charge in [-0.25, -0.2) is 0 Å². The largest absolute Gasteiger partial charge is 0.381 e. The average molecular weight is 169 g/mol. The fourth-order valence-corrected chi connectivity index (χ4v) is 2.23. The minimum Gasteiger partial charge on any atom is -0.381 e. The van der Waals surface area contributed by atoms with Crippen LogP contribution in [0.15, 0.2) is 0 Å². The van der Waals surface area contributed by atoms with Crippen LogP contribution in [0.1, 0.15) is 20.8 Å². The Kier molecular flexibility index (Phi) is 1.92. The lowest BCUT2D eigenvalue weighted by molar-refractivity contribution is 0.114. The molecule has 0 unspecified atom stereocenters. The second-order valence-electron chi connectivity index (χ2n) is 5.13. The molecule has 2 saturated heterocycles. The molecule has 2 atom stereocenters. The van der Waals surface area contributed by atoms with E-state index in [1.54, 1.807) is 0 Å². The zero-order valence-corrected chi connectivity index (χ0v) is 8.34. The smallest absolute Gasteiger partial charge is 0.0510 e. The van der Waals surface area contributed by atoms with Crippen molar-refractivity contribution in [3.05, 3.63) is 0 Å². The summed E-state index contributed by atoms with van der Waals surface area (Å²) in [6.07, 6.45) is 0. The van der Waals surface area contributed by atoms with E-state index in [4.69, 9.17) is 4.74 Å². The number of fused-ring (bicyclic) bond motifs is 1. The number of hydrogen-bond acceptors (Lipinski definition) is 2. The van der Waals surface area contributed by atoms with Gasteiger partial charge < -0.3 is 4.74 Å². The molecule has 2 aliphatic heterocycles. The molecule has 2 fully saturated rings. The lowest BCUT2D eigenvalue weighted by atomic mass is 10.0. The van der Waals surface area contributed by atoms with Crippen molar-refractivity contribution < 1.29 is 4.74 Å². The highest BCUT2D eigenvalue weighted by atomic mass is 16.5. The van der Waals surface area contributed by atoms with E-state index in [9.17, 15) is 0 Å². The number of nitrogens with zero attached hydrogens (tertiary/aromatic N) is 1. The first-order valence-electron chi connectivity index (χ1n) is 4.90. The minimum atomic E-state index is 0.352. The van der Waals surface area contributed by atoms with Crippen molar-refractivity contribution in [3.63, 3.8) is 0 Å². The predicted octanol–water partition coefficient (Wildman–Crippen LogP) is 1.36. The second kappa shape index (κ2) is 2.71. The molecule has 2 nitrogen and oxygen atoms in total. The summed E-state index contributed by atoms with van der Waals surface area (Å²) in [5, 5.41) is 0. The fourth-order valence-electron chi connectivity index (χ4n) is 2.23. The van der Waals surface area contributed by atoms with E-state index in [1.807, 2.05) is 0 Å². The van der Waals surface area contributed by atoms with Gasteiger partial charge in [0.2, 0.25) is 0 Å². The van der Waals surface area contributed by atoms with Crippen LogP contribution in [0.25, 0.3) is 0 Å². The van der Waals surface area contributed by atoms with Crippen LogP contribution in [0.5, 0.6) is 0 Å². The van der Waals surface area contributed by atoms with Crippen molar-refractivity contribution in [2.24, 2.45) is 11.8 Å².